The molecular formula is C19H16O7. The zero-order chi connectivity index (χ0) is 19.3. The van der Waals surface area contributed by atoms with Crippen LogP contribution in [0.3, 0.4) is 0 Å². The Kier molecular flexibility index (Phi) is 6.24. The van der Waals surface area contributed by atoms with E-state index >= 15 is 0 Å². The van der Waals surface area contributed by atoms with E-state index in [-0.39, 0.29) is 16.7 Å². The number of hydrogen-bond donors (Lipinski definition) is 3. The van der Waals surface area contributed by atoms with Crippen LogP contribution in [-0.4, -0.2) is 58.3 Å². The van der Waals surface area contributed by atoms with Gasteiger partial charge in [-0.25, -0.2) is 0 Å². The lowest BCUT2D eigenvalue weighted by atomic mass is 9.86. The van der Waals surface area contributed by atoms with Gasteiger partial charge >= 0.3 is 0 Å². The number of carbonyl (C=O) groups excluding carboxylic acids is 4. The molecule has 2 aromatic carbocycles. The highest BCUT2D eigenvalue weighted by Crippen LogP contribution is 2.24. The van der Waals surface area contributed by atoms with Crippen molar-refractivity contribution in [2.45, 2.75) is 0 Å². The van der Waals surface area contributed by atoms with Crippen molar-refractivity contribution in [3.8, 4) is 0 Å². The molecule has 0 aliphatic rings. The third-order valence-electron chi connectivity index (χ3n) is 3.77. The van der Waals surface area contributed by atoms with Crippen molar-refractivity contribution in [1.29, 1.82) is 0 Å². The zero-order valence-corrected chi connectivity index (χ0v) is 13.6. The molecule has 7 nitrogen and oxygen atoms in total. The van der Waals surface area contributed by atoms with E-state index in [0.29, 0.717) is 0 Å². The fraction of sp³-hybridized carbons (Fsp3) is 0.158. The molecule has 0 fully saturated rings. The van der Waals surface area contributed by atoms with E-state index in [1.54, 1.807) is 18.2 Å². The van der Waals surface area contributed by atoms with E-state index in [9.17, 15) is 29.4 Å². The summed E-state index contributed by atoms with van der Waals surface area (Å²) in [6.45, 7) is -2.94. The number of aliphatic hydroxyl groups is 3. The molecule has 0 saturated heterocycles. The Morgan fingerprint density at radius 1 is 0.615 bits per heavy atom. The normalized spacial score (nSPS) is 10.4. The number of benzene rings is 2. The fourth-order valence-electron chi connectivity index (χ4n) is 2.59. The van der Waals surface area contributed by atoms with Gasteiger partial charge in [0.05, 0.1) is 0 Å². The summed E-state index contributed by atoms with van der Waals surface area (Å²) in [5.41, 5.74) is -1.16. The van der Waals surface area contributed by atoms with E-state index < -0.39 is 54.1 Å². The minimum atomic E-state index is -1.01. The van der Waals surface area contributed by atoms with Crippen LogP contribution in [0.25, 0.3) is 0 Å². The van der Waals surface area contributed by atoms with Gasteiger partial charge in [-0.1, -0.05) is 30.3 Å². The minimum Gasteiger partial charge on any atom is -0.388 e. The van der Waals surface area contributed by atoms with Gasteiger partial charge in [0.25, 0.3) is 0 Å². The predicted molar refractivity (Wildman–Crippen MR) is 90.6 cm³/mol. The van der Waals surface area contributed by atoms with Crippen LogP contribution in [0.15, 0.2) is 42.5 Å². The summed E-state index contributed by atoms with van der Waals surface area (Å²) < 4.78 is 0. The first-order valence-corrected chi connectivity index (χ1v) is 7.65. The average molecular weight is 356 g/mol. The van der Waals surface area contributed by atoms with Crippen LogP contribution in [0.5, 0.6) is 0 Å². The Morgan fingerprint density at radius 3 is 1.58 bits per heavy atom. The number of hydrogen-bond acceptors (Lipinski definition) is 7. The topological polar surface area (TPSA) is 129 Å². The minimum absolute atomic E-state index is 0.179. The van der Waals surface area contributed by atoms with Gasteiger partial charge in [-0.3, -0.25) is 19.2 Å². The van der Waals surface area contributed by atoms with Crippen molar-refractivity contribution in [3.05, 3.63) is 70.3 Å². The summed E-state index contributed by atoms with van der Waals surface area (Å²) in [5, 5.41) is 27.6. The van der Waals surface area contributed by atoms with Crippen LogP contribution in [0, 0.1) is 0 Å². The van der Waals surface area contributed by atoms with E-state index in [2.05, 4.69) is 0 Å². The van der Waals surface area contributed by atoms with Gasteiger partial charge in [-0.15, -0.1) is 0 Å². The highest BCUT2D eigenvalue weighted by atomic mass is 16.3. The highest BCUT2D eigenvalue weighted by molar-refractivity contribution is 6.23. The molecule has 3 N–H and O–H groups in total. The molecule has 7 heteroatoms. The molecule has 26 heavy (non-hydrogen) atoms. The van der Waals surface area contributed by atoms with E-state index in [1.807, 2.05) is 0 Å². The Balaban J connectivity index is 2.81. The molecule has 2 rings (SSSR count). The molecule has 0 aliphatic heterocycles. The molecule has 0 aromatic heterocycles. The van der Waals surface area contributed by atoms with Gasteiger partial charge < -0.3 is 15.3 Å². The van der Waals surface area contributed by atoms with E-state index in [0.717, 1.165) is 6.07 Å². The molecule has 134 valence electrons. The highest BCUT2D eigenvalue weighted by Gasteiger charge is 2.28. The van der Waals surface area contributed by atoms with Gasteiger partial charge in [0.2, 0.25) is 0 Å². The monoisotopic (exact) mass is 356 g/mol. The molecule has 0 unspecified atom stereocenters. The molecular weight excluding hydrogens is 340 g/mol. The third-order valence-corrected chi connectivity index (χ3v) is 3.77. The lowest BCUT2D eigenvalue weighted by Gasteiger charge is -2.15. The van der Waals surface area contributed by atoms with Gasteiger partial charge in [0.1, 0.15) is 19.8 Å². The second-order valence-electron chi connectivity index (χ2n) is 5.35. The Bertz CT molecular complexity index is 869. The number of ketones is 4. The maximum Gasteiger partial charge on any atom is 0.193 e. The van der Waals surface area contributed by atoms with Crippen molar-refractivity contribution >= 4 is 23.1 Å². The molecule has 0 radical (unpaired) electrons. The molecule has 0 amide bonds. The SMILES string of the molecule is O=C(CO)c1ccc(C(=O)c2ccccc2)c(C(=O)CO)c1C(=O)CO. The standard InChI is InChI=1S/C19H16O7/c20-8-14(23)12-6-7-13(19(26)11-4-2-1-3-5-11)18(16(25)10-22)17(12)15(24)9-21/h1-7,20-22H,8-10H2. The van der Waals surface area contributed by atoms with E-state index in [1.165, 1.54) is 18.2 Å². The lowest BCUT2D eigenvalue weighted by Crippen LogP contribution is -2.23. The van der Waals surface area contributed by atoms with Crippen molar-refractivity contribution in [1.82, 2.24) is 0 Å². The predicted octanol–water partition coefficient (Wildman–Crippen LogP) is 0.443. The van der Waals surface area contributed by atoms with Gasteiger partial charge in [-0.05, 0) is 12.1 Å². The van der Waals surface area contributed by atoms with Crippen molar-refractivity contribution in [2.75, 3.05) is 19.8 Å². The summed E-state index contributed by atoms with van der Waals surface area (Å²) in [7, 11) is 0. The van der Waals surface area contributed by atoms with Crippen LogP contribution in [0.2, 0.25) is 0 Å². The van der Waals surface area contributed by atoms with Crippen LogP contribution in [-0.2, 0) is 0 Å². The molecule has 0 saturated carbocycles. The number of Topliss-reactive ketones (excluding diaryl/α,β-unsaturated/α-hetero) is 3. The molecule has 0 heterocycles. The van der Waals surface area contributed by atoms with Crippen LogP contribution in [0.4, 0.5) is 0 Å². The molecule has 0 spiro atoms. The smallest absolute Gasteiger partial charge is 0.193 e. The summed E-state index contributed by atoms with van der Waals surface area (Å²) in [6, 6.07) is 10.3. The molecule has 0 atom stereocenters. The van der Waals surface area contributed by atoms with Crippen LogP contribution in [0.1, 0.15) is 47.0 Å². The summed E-state index contributed by atoms with van der Waals surface area (Å²) in [5.74, 6) is -3.36. The first kappa shape index (κ1) is 19.3. The maximum atomic E-state index is 12.8. The fourth-order valence-corrected chi connectivity index (χ4v) is 2.59. The zero-order valence-electron chi connectivity index (χ0n) is 13.6. The van der Waals surface area contributed by atoms with Gasteiger partial charge in [-0.2, -0.15) is 0 Å². The largest absolute Gasteiger partial charge is 0.388 e. The Morgan fingerprint density at radius 2 is 1.08 bits per heavy atom. The summed E-state index contributed by atoms with van der Waals surface area (Å²) in [6.07, 6.45) is 0. The van der Waals surface area contributed by atoms with Crippen molar-refractivity contribution in [2.24, 2.45) is 0 Å². The van der Waals surface area contributed by atoms with Crippen LogP contribution < -0.4 is 0 Å². The van der Waals surface area contributed by atoms with Crippen molar-refractivity contribution < 1.29 is 34.5 Å². The average Bonchev–Trinajstić information content (AvgIpc) is 2.70. The lowest BCUT2D eigenvalue weighted by molar-refractivity contribution is 0.0854. The second kappa shape index (κ2) is 8.39. The Labute approximate surface area is 148 Å². The van der Waals surface area contributed by atoms with Crippen molar-refractivity contribution in [3.63, 3.8) is 0 Å². The second-order valence-corrected chi connectivity index (χ2v) is 5.35. The molecule has 0 bridgehead atoms. The van der Waals surface area contributed by atoms with Gasteiger partial charge in [0, 0.05) is 27.8 Å². The quantitative estimate of drug-likeness (QED) is 0.585. The van der Waals surface area contributed by atoms with E-state index in [4.69, 9.17) is 5.11 Å². The summed E-state index contributed by atoms with van der Waals surface area (Å²) >= 11 is 0. The third kappa shape index (κ3) is 3.65. The number of carbonyl (C=O) groups is 4. The first-order chi connectivity index (χ1) is 12.5. The molecule has 2 aromatic rings. The Hall–Kier alpha value is -3.00. The summed E-state index contributed by atoms with van der Waals surface area (Å²) in [4.78, 5) is 49.1. The maximum absolute atomic E-state index is 12.8. The number of rotatable bonds is 8. The molecule has 0 aliphatic carbocycles. The number of aliphatic hydroxyl groups excluding tert-OH is 3. The first-order valence-electron chi connectivity index (χ1n) is 7.65. The van der Waals surface area contributed by atoms with Gasteiger partial charge in [0.15, 0.2) is 23.1 Å². The van der Waals surface area contributed by atoms with Crippen LogP contribution >= 0.6 is 0 Å².